The molecule has 0 spiro atoms. The minimum atomic E-state index is -0.291. The van der Waals surface area contributed by atoms with Crippen LogP contribution < -0.4 is 5.32 Å². The summed E-state index contributed by atoms with van der Waals surface area (Å²) < 4.78 is 1.22. The smallest absolute Gasteiger partial charge is 0.332 e. The number of rotatable bonds is 2. The Labute approximate surface area is 108 Å². The van der Waals surface area contributed by atoms with Crippen LogP contribution in [0.5, 0.6) is 0 Å². The summed E-state index contributed by atoms with van der Waals surface area (Å²) in [6, 6.07) is 6.60. The minimum absolute atomic E-state index is 0.291. The highest BCUT2D eigenvalue weighted by atomic mass is 35.5. The van der Waals surface area contributed by atoms with E-state index in [1.807, 2.05) is 0 Å². The van der Waals surface area contributed by atoms with E-state index in [0.717, 1.165) is 5.56 Å². The summed E-state index contributed by atoms with van der Waals surface area (Å²) in [6.07, 6.45) is 3.11. The van der Waals surface area contributed by atoms with Crippen molar-refractivity contribution in [2.45, 2.75) is 6.54 Å². The third-order valence-electron chi connectivity index (χ3n) is 2.14. The van der Waals surface area contributed by atoms with Crippen molar-refractivity contribution >= 4 is 29.2 Å². The van der Waals surface area contributed by atoms with Crippen molar-refractivity contribution < 1.29 is 4.79 Å². The molecule has 1 aromatic carbocycles. The van der Waals surface area contributed by atoms with E-state index in [9.17, 15) is 4.79 Å². The molecule has 0 aliphatic carbocycles. The first kappa shape index (κ1) is 12.0. The zero-order valence-electron chi connectivity index (χ0n) is 8.73. The Balaban J connectivity index is 1.98. The molecule has 0 radical (unpaired) electrons. The molecule has 0 fully saturated rings. The highest BCUT2D eigenvalue weighted by Gasteiger charge is 2.04. The second-order valence-corrected chi connectivity index (χ2v) is 4.17. The zero-order chi connectivity index (χ0) is 12.3. The lowest BCUT2D eigenvalue weighted by atomic mass is 10.2. The van der Waals surface area contributed by atoms with E-state index >= 15 is 0 Å². The maximum absolute atomic E-state index is 11.6. The maximum atomic E-state index is 11.6. The second-order valence-electron chi connectivity index (χ2n) is 3.36. The second kappa shape index (κ2) is 5.21. The number of amides is 1. The standard InChI is InChI=1S/C11H9Cl2N3O/c12-9-3-2-8(6-10(9)13)7-14-11(17)16-5-1-4-15-16/h1-6H,7H2,(H,14,17). The van der Waals surface area contributed by atoms with Crippen molar-refractivity contribution in [3.8, 4) is 0 Å². The molecule has 4 nitrogen and oxygen atoms in total. The third kappa shape index (κ3) is 2.99. The molecule has 1 heterocycles. The first-order valence-corrected chi connectivity index (χ1v) is 5.64. The molecule has 0 saturated heterocycles. The molecule has 0 atom stereocenters. The Bertz CT molecular complexity index is 526. The van der Waals surface area contributed by atoms with E-state index in [1.165, 1.54) is 4.68 Å². The number of carbonyl (C=O) groups excluding carboxylic acids is 1. The van der Waals surface area contributed by atoms with E-state index < -0.39 is 0 Å². The molecular formula is C11H9Cl2N3O. The van der Waals surface area contributed by atoms with Crippen LogP contribution in [0.2, 0.25) is 10.0 Å². The summed E-state index contributed by atoms with van der Waals surface area (Å²) in [5.41, 5.74) is 0.875. The molecule has 17 heavy (non-hydrogen) atoms. The quantitative estimate of drug-likeness (QED) is 0.911. The Morgan fingerprint density at radius 1 is 1.35 bits per heavy atom. The normalized spacial score (nSPS) is 10.2. The van der Waals surface area contributed by atoms with Gasteiger partial charge in [0.1, 0.15) is 0 Å². The summed E-state index contributed by atoms with van der Waals surface area (Å²) in [5.74, 6) is 0. The number of nitrogens with one attached hydrogen (secondary N) is 1. The molecule has 0 aliphatic heterocycles. The highest BCUT2D eigenvalue weighted by molar-refractivity contribution is 6.42. The maximum Gasteiger partial charge on any atom is 0.342 e. The zero-order valence-corrected chi connectivity index (χ0v) is 10.2. The van der Waals surface area contributed by atoms with Crippen LogP contribution in [0.4, 0.5) is 4.79 Å². The fraction of sp³-hybridized carbons (Fsp3) is 0.0909. The van der Waals surface area contributed by atoms with E-state index in [4.69, 9.17) is 23.2 Å². The Morgan fingerprint density at radius 3 is 2.82 bits per heavy atom. The van der Waals surface area contributed by atoms with E-state index in [1.54, 1.807) is 36.7 Å². The number of hydrogen-bond donors (Lipinski definition) is 1. The first-order valence-electron chi connectivity index (χ1n) is 4.88. The van der Waals surface area contributed by atoms with Crippen molar-refractivity contribution in [3.05, 3.63) is 52.3 Å². The van der Waals surface area contributed by atoms with Crippen LogP contribution in [-0.4, -0.2) is 15.8 Å². The average Bonchev–Trinajstić information content (AvgIpc) is 2.84. The SMILES string of the molecule is O=C(NCc1ccc(Cl)c(Cl)c1)n1cccn1. The van der Waals surface area contributed by atoms with E-state index in [0.29, 0.717) is 16.6 Å². The molecule has 2 rings (SSSR count). The van der Waals surface area contributed by atoms with Crippen LogP contribution in [0, 0.1) is 0 Å². The summed E-state index contributed by atoms with van der Waals surface area (Å²) >= 11 is 11.7. The monoisotopic (exact) mass is 269 g/mol. The van der Waals surface area contributed by atoms with Gasteiger partial charge in [0.15, 0.2) is 0 Å². The number of hydrogen-bond acceptors (Lipinski definition) is 2. The van der Waals surface area contributed by atoms with Gasteiger partial charge in [-0.15, -0.1) is 0 Å². The molecule has 1 aromatic heterocycles. The van der Waals surface area contributed by atoms with Gasteiger partial charge in [-0.2, -0.15) is 9.78 Å². The van der Waals surface area contributed by atoms with Gasteiger partial charge in [-0.1, -0.05) is 29.3 Å². The van der Waals surface area contributed by atoms with Crippen LogP contribution in [0.1, 0.15) is 5.56 Å². The number of nitrogens with zero attached hydrogens (tertiary/aromatic N) is 2. The third-order valence-corrected chi connectivity index (χ3v) is 2.88. The predicted molar refractivity (Wildman–Crippen MR) is 66.3 cm³/mol. The van der Waals surface area contributed by atoms with Gasteiger partial charge in [-0.05, 0) is 23.8 Å². The fourth-order valence-corrected chi connectivity index (χ4v) is 1.62. The van der Waals surface area contributed by atoms with Crippen molar-refractivity contribution in [1.82, 2.24) is 15.1 Å². The minimum Gasteiger partial charge on any atom is -0.332 e. The van der Waals surface area contributed by atoms with Gasteiger partial charge in [-0.3, -0.25) is 0 Å². The number of benzene rings is 1. The summed E-state index contributed by atoms with van der Waals surface area (Å²) in [5, 5.41) is 7.49. The lowest BCUT2D eigenvalue weighted by molar-refractivity contribution is 0.239. The van der Waals surface area contributed by atoms with Gasteiger partial charge in [-0.25, -0.2) is 4.79 Å². The number of halogens is 2. The topological polar surface area (TPSA) is 46.9 Å². The van der Waals surface area contributed by atoms with Crippen molar-refractivity contribution in [2.75, 3.05) is 0 Å². The molecule has 0 unspecified atom stereocenters. The molecule has 1 amide bonds. The molecule has 0 bridgehead atoms. The van der Waals surface area contributed by atoms with Crippen molar-refractivity contribution in [1.29, 1.82) is 0 Å². The van der Waals surface area contributed by atoms with Gasteiger partial charge < -0.3 is 5.32 Å². The Kier molecular flexibility index (Phi) is 3.66. The van der Waals surface area contributed by atoms with E-state index in [2.05, 4.69) is 10.4 Å². The van der Waals surface area contributed by atoms with Crippen molar-refractivity contribution in [3.63, 3.8) is 0 Å². The van der Waals surface area contributed by atoms with Gasteiger partial charge >= 0.3 is 6.03 Å². The molecular weight excluding hydrogens is 261 g/mol. The van der Waals surface area contributed by atoms with E-state index in [-0.39, 0.29) is 6.03 Å². The van der Waals surface area contributed by atoms with Crippen LogP contribution in [0.15, 0.2) is 36.7 Å². The largest absolute Gasteiger partial charge is 0.342 e. The molecule has 1 N–H and O–H groups in total. The van der Waals surface area contributed by atoms with Gasteiger partial charge in [0.25, 0.3) is 0 Å². The molecule has 2 aromatic rings. The average molecular weight is 270 g/mol. The van der Waals surface area contributed by atoms with Gasteiger partial charge in [0.2, 0.25) is 0 Å². The lowest BCUT2D eigenvalue weighted by Gasteiger charge is -2.05. The predicted octanol–water partition coefficient (Wildman–Crippen LogP) is 2.95. The van der Waals surface area contributed by atoms with Crippen LogP contribution >= 0.6 is 23.2 Å². The van der Waals surface area contributed by atoms with Gasteiger partial charge in [0, 0.05) is 18.9 Å². The lowest BCUT2D eigenvalue weighted by Crippen LogP contribution is -2.28. The molecule has 88 valence electrons. The number of carbonyl (C=O) groups is 1. The van der Waals surface area contributed by atoms with Crippen LogP contribution in [0.25, 0.3) is 0 Å². The Hall–Kier alpha value is -1.52. The Morgan fingerprint density at radius 2 is 2.18 bits per heavy atom. The summed E-state index contributed by atoms with van der Waals surface area (Å²) in [7, 11) is 0. The van der Waals surface area contributed by atoms with Gasteiger partial charge in [0.05, 0.1) is 10.0 Å². The van der Waals surface area contributed by atoms with Crippen LogP contribution in [0.3, 0.4) is 0 Å². The molecule has 6 heteroatoms. The highest BCUT2D eigenvalue weighted by Crippen LogP contribution is 2.22. The van der Waals surface area contributed by atoms with Crippen LogP contribution in [-0.2, 0) is 6.54 Å². The molecule has 0 aliphatic rings. The number of aromatic nitrogens is 2. The fourth-order valence-electron chi connectivity index (χ4n) is 1.30. The molecule has 0 saturated carbocycles. The summed E-state index contributed by atoms with van der Waals surface area (Å²) in [6.45, 7) is 0.371. The first-order chi connectivity index (χ1) is 8.16. The summed E-state index contributed by atoms with van der Waals surface area (Å²) in [4.78, 5) is 11.6. The van der Waals surface area contributed by atoms with Crippen molar-refractivity contribution in [2.24, 2.45) is 0 Å².